The standard InChI is InChI=1S/C20H33N5O2S.HI/c1-2-21-20(22-8-5-10-25-9-3-7-19(25)26)23-16-17(18-6-4-15-28-18)24-11-13-27-14-12-24;/h4,6,15,17H,2-3,5,7-14,16H2,1H3,(H2,21,22,23);1H. The van der Waals surface area contributed by atoms with Crippen LogP contribution in [0.5, 0.6) is 0 Å². The molecule has 9 heteroatoms. The number of amides is 1. The van der Waals surface area contributed by atoms with Crippen molar-refractivity contribution in [3.63, 3.8) is 0 Å². The van der Waals surface area contributed by atoms with E-state index in [9.17, 15) is 4.79 Å². The first-order chi connectivity index (χ1) is 13.8. The zero-order valence-electron chi connectivity index (χ0n) is 17.3. The first kappa shape index (κ1) is 24.4. The summed E-state index contributed by atoms with van der Waals surface area (Å²) >= 11 is 1.80. The van der Waals surface area contributed by atoms with E-state index >= 15 is 0 Å². The van der Waals surface area contributed by atoms with Gasteiger partial charge >= 0.3 is 0 Å². The van der Waals surface area contributed by atoms with Crippen LogP contribution in [0.25, 0.3) is 0 Å². The first-order valence-corrected chi connectivity index (χ1v) is 11.3. The largest absolute Gasteiger partial charge is 0.379 e. The van der Waals surface area contributed by atoms with E-state index in [0.717, 1.165) is 77.8 Å². The van der Waals surface area contributed by atoms with E-state index in [4.69, 9.17) is 9.73 Å². The van der Waals surface area contributed by atoms with E-state index in [1.807, 2.05) is 4.90 Å². The van der Waals surface area contributed by atoms with Gasteiger partial charge in [-0.15, -0.1) is 35.3 Å². The quantitative estimate of drug-likeness (QED) is 0.220. The lowest BCUT2D eigenvalue weighted by Gasteiger charge is -2.33. The third-order valence-electron chi connectivity index (χ3n) is 5.19. The highest BCUT2D eigenvalue weighted by Crippen LogP contribution is 2.26. The molecule has 29 heavy (non-hydrogen) atoms. The molecule has 1 aromatic rings. The summed E-state index contributed by atoms with van der Waals surface area (Å²) in [5, 5.41) is 8.90. The molecule has 1 aromatic heterocycles. The molecular weight excluding hydrogens is 501 g/mol. The summed E-state index contributed by atoms with van der Waals surface area (Å²) in [7, 11) is 0. The van der Waals surface area contributed by atoms with Gasteiger partial charge in [-0.05, 0) is 31.2 Å². The molecule has 1 amide bonds. The van der Waals surface area contributed by atoms with Crippen molar-refractivity contribution in [3.8, 4) is 0 Å². The molecule has 3 heterocycles. The maximum absolute atomic E-state index is 11.7. The number of morpholine rings is 1. The van der Waals surface area contributed by atoms with E-state index in [2.05, 4.69) is 40.0 Å². The minimum atomic E-state index is 0. The number of carbonyl (C=O) groups excluding carboxylic acids is 1. The Morgan fingerprint density at radius 2 is 2.14 bits per heavy atom. The molecule has 0 aliphatic carbocycles. The molecule has 0 aromatic carbocycles. The Hall–Kier alpha value is -0.910. The number of hydrogen-bond acceptors (Lipinski definition) is 5. The van der Waals surface area contributed by atoms with Gasteiger partial charge in [0.1, 0.15) is 0 Å². The molecule has 2 N–H and O–H groups in total. The lowest BCUT2D eigenvalue weighted by molar-refractivity contribution is -0.127. The Kier molecular flexibility index (Phi) is 11.3. The molecule has 0 bridgehead atoms. The van der Waals surface area contributed by atoms with Crippen LogP contribution < -0.4 is 10.6 Å². The fourth-order valence-electron chi connectivity index (χ4n) is 3.69. The minimum absolute atomic E-state index is 0. The van der Waals surface area contributed by atoms with Crippen molar-refractivity contribution in [2.75, 3.05) is 59.0 Å². The Bertz CT molecular complexity index is 622. The number of hydrogen-bond donors (Lipinski definition) is 2. The van der Waals surface area contributed by atoms with E-state index in [0.29, 0.717) is 18.4 Å². The molecule has 2 saturated heterocycles. The van der Waals surface area contributed by atoms with Gasteiger partial charge in [-0.3, -0.25) is 14.7 Å². The van der Waals surface area contributed by atoms with Crippen LogP contribution >= 0.6 is 35.3 Å². The zero-order valence-corrected chi connectivity index (χ0v) is 20.4. The molecule has 0 saturated carbocycles. The lowest BCUT2D eigenvalue weighted by atomic mass is 10.2. The maximum Gasteiger partial charge on any atom is 0.222 e. The molecule has 3 rings (SSSR count). The number of guanidine groups is 1. The topological polar surface area (TPSA) is 69.2 Å². The fourth-order valence-corrected chi connectivity index (χ4v) is 4.54. The average Bonchev–Trinajstić information content (AvgIpc) is 3.38. The molecule has 2 aliphatic rings. The Morgan fingerprint density at radius 3 is 2.79 bits per heavy atom. The van der Waals surface area contributed by atoms with Gasteiger partial charge in [0.25, 0.3) is 0 Å². The number of likely N-dealkylation sites (tertiary alicyclic amines) is 1. The minimum Gasteiger partial charge on any atom is -0.379 e. The normalized spacial score (nSPS) is 19.1. The predicted molar refractivity (Wildman–Crippen MR) is 129 cm³/mol. The number of aliphatic imine (C=N–C) groups is 1. The molecule has 2 fully saturated rings. The Labute approximate surface area is 195 Å². The molecular formula is C20H34IN5O2S. The van der Waals surface area contributed by atoms with Crippen molar-refractivity contribution in [1.29, 1.82) is 0 Å². The Morgan fingerprint density at radius 1 is 1.31 bits per heavy atom. The SMILES string of the molecule is CCNC(=NCC(c1cccs1)N1CCOCC1)NCCCN1CCCC1=O.I. The summed E-state index contributed by atoms with van der Waals surface area (Å²) < 4.78 is 5.52. The van der Waals surface area contributed by atoms with E-state index in [1.165, 1.54) is 4.88 Å². The molecule has 1 atom stereocenters. The van der Waals surface area contributed by atoms with Gasteiger partial charge in [-0.2, -0.15) is 0 Å². The summed E-state index contributed by atoms with van der Waals surface area (Å²) in [6.45, 7) is 9.68. The van der Waals surface area contributed by atoms with Gasteiger partial charge in [0.05, 0.1) is 25.8 Å². The molecule has 2 aliphatic heterocycles. The third-order valence-corrected chi connectivity index (χ3v) is 6.17. The van der Waals surface area contributed by atoms with Crippen molar-refractivity contribution >= 4 is 47.2 Å². The van der Waals surface area contributed by atoms with Crippen LogP contribution in [0.4, 0.5) is 0 Å². The molecule has 0 spiro atoms. The van der Waals surface area contributed by atoms with Crippen LogP contribution in [0.2, 0.25) is 0 Å². The second kappa shape index (κ2) is 13.4. The van der Waals surface area contributed by atoms with Crippen LogP contribution in [0.3, 0.4) is 0 Å². The van der Waals surface area contributed by atoms with Crippen LogP contribution in [0.1, 0.15) is 37.1 Å². The molecule has 0 radical (unpaired) electrons. The number of carbonyl (C=O) groups is 1. The smallest absolute Gasteiger partial charge is 0.222 e. The van der Waals surface area contributed by atoms with Crippen LogP contribution in [0, 0.1) is 0 Å². The second-order valence-corrected chi connectivity index (χ2v) is 8.14. The van der Waals surface area contributed by atoms with Gasteiger partial charge in [-0.25, -0.2) is 0 Å². The third kappa shape index (κ3) is 7.69. The van der Waals surface area contributed by atoms with Gasteiger partial charge in [0, 0.05) is 50.6 Å². The molecule has 1 unspecified atom stereocenters. The van der Waals surface area contributed by atoms with Gasteiger partial charge < -0.3 is 20.3 Å². The molecule has 7 nitrogen and oxygen atoms in total. The van der Waals surface area contributed by atoms with Crippen molar-refractivity contribution in [2.24, 2.45) is 4.99 Å². The first-order valence-electron chi connectivity index (χ1n) is 10.4. The van der Waals surface area contributed by atoms with Crippen molar-refractivity contribution in [2.45, 2.75) is 32.2 Å². The van der Waals surface area contributed by atoms with Crippen LogP contribution in [-0.2, 0) is 9.53 Å². The number of thiophene rings is 1. The second-order valence-electron chi connectivity index (χ2n) is 7.16. The highest BCUT2D eigenvalue weighted by molar-refractivity contribution is 14.0. The van der Waals surface area contributed by atoms with Crippen LogP contribution in [-0.4, -0.2) is 80.7 Å². The van der Waals surface area contributed by atoms with Gasteiger partial charge in [-0.1, -0.05) is 6.07 Å². The number of nitrogens with zero attached hydrogens (tertiary/aromatic N) is 3. The summed E-state index contributed by atoms with van der Waals surface area (Å²) in [6, 6.07) is 4.61. The number of ether oxygens (including phenoxy) is 1. The summed E-state index contributed by atoms with van der Waals surface area (Å²) in [5.41, 5.74) is 0. The van der Waals surface area contributed by atoms with Gasteiger partial charge in [0.2, 0.25) is 5.91 Å². The molecule has 164 valence electrons. The number of halogens is 1. The monoisotopic (exact) mass is 535 g/mol. The average molecular weight is 535 g/mol. The van der Waals surface area contributed by atoms with Crippen LogP contribution in [0.15, 0.2) is 22.5 Å². The fraction of sp³-hybridized carbons (Fsp3) is 0.700. The lowest BCUT2D eigenvalue weighted by Crippen LogP contribution is -2.42. The van der Waals surface area contributed by atoms with Crippen molar-refractivity contribution in [3.05, 3.63) is 22.4 Å². The van der Waals surface area contributed by atoms with E-state index < -0.39 is 0 Å². The summed E-state index contributed by atoms with van der Waals surface area (Å²) in [6.07, 6.45) is 2.65. The van der Waals surface area contributed by atoms with Crippen molar-refractivity contribution in [1.82, 2.24) is 20.4 Å². The van der Waals surface area contributed by atoms with E-state index in [1.54, 1.807) is 11.3 Å². The predicted octanol–water partition coefficient (Wildman–Crippen LogP) is 2.31. The number of nitrogens with one attached hydrogen (secondary N) is 2. The van der Waals surface area contributed by atoms with Crippen molar-refractivity contribution < 1.29 is 9.53 Å². The van der Waals surface area contributed by atoms with E-state index in [-0.39, 0.29) is 24.0 Å². The summed E-state index contributed by atoms with van der Waals surface area (Å²) in [4.78, 5) is 22.4. The van der Waals surface area contributed by atoms with Gasteiger partial charge in [0.15, 0.2) is 5.96 Å². The zero-order chi connectivity index (χ0) is 19.6. The Balaban J connectivity index is 0.00000300. The maximum atomic E-state index is 11.7. The number of rotatable bonds is 9. The summed E-state index contributed by atoms with van der Waals surface area (Å²) in [5.74, 6) is 1.15. The highest BCUT2D eigenvalue weighted by Gasteiger charge is 2.23. The highest BCUT2D eigenvalue weighted by atomic mass is 127.